The first-order chi connectivity index (χ1) is 18.7. The molecule has 0 fully saturated rings. The molecule has 0 bridgehead atoms. The molecule has 0 saturated carbocycles. The highest BCUT2D eigenvalue weighted by molar-refractivity contribution is 6.37. The van der Waals surface area contributed by atoms with E-state index in [1.165, 1.54) is 6.92 Å². The quantitative estimate of drug-likeness (QED) is 0.216. The zero-order valence-electron chi connectivity index (χ0n) is 22.6. The maximum absolute atomic E-state index is 13.3. The van der Waals surface area contributed by atoms with Crippen LogP contribution < -0.4 is 21.3 Å². The summed E-state index contributed by atoms with van der Waals surface area (Å²) in [5.41, 5.74) is 11.5. The Labute approximate surface area is 228 Å². The van der Waals surface area contributed by atoms with Gasteiger partial charge in [-0.15, -0.1) is 0 Å². The van der Waals surface area contributed by atoms with Gasteiger partial charge in [-0.25, -0.2) is 4.79 Å². The van der Waals surface area contributed by atoms with Crippen molar-refractivity contribution in [1.82, 2.24) is 4.90 Å². The smallest absolute Gasteiger partial charge is 0.338 e. The van der Waals surface area contributed by atoms with Crippen molar-refractivity contribution in [3.8, 4) is 0 Å². The standard InChI is InChI=1S/C30H33N5O4/c1-5-39-30(38)21-11-13-23-25(17-21)33-29(37)27(23)28(20-9-7-6-8-10-20)32-22-12-14-26(24(31)18-22)35(19(2)36)16-15-34(3)4/h6-14,17-18,32H,5,15-16,31H2,1-4H3,(H,33,37). The van der Waals surface area contributed by atoms with Gasteiger partial charge >= 0.3 is 5.97 Å². The molecule has 1 aliphatic heterocycles. The third-order valence-electron chi connectivity index (χ3n) is 6.33. The Balaban J connectivity index is 1.74. The zero-order chi connectivity index (χ0) is 28.1. The lowest BCUT2D eigenvalue weighted by molar-refractivity contribution is -0.116. The molecule has 1 aliphatic rings. The number of rotatable bonds is 9. The number of hydrogen-bond acceptors (Lipinski definition) is 7. The number of esters is 1. The fraction of sp³-hybridized carbons (Fsp3) is 0.233. The van der Waals surface area contributed by atoms with E-state index in [0.717, 1.165) is 5.56 Å². The summed E-state index contributed by atoms with van der Waals surface area (Å²) in [7, 11) is 3.89. The van der Waals surface area contributed by atoms with Crippen molar-refractivity contribution in [3.63, 3.8) is 0 Å². The minimum atomic E-state index is -0.450. The Morgan fingerprint density at radius 1 is 0.974 bits per heavy atom. The maximum atomic E-state index is 13.3. The topological polar surface area (TPSA) is 117 Å². The first kappa shape index (κ1) is 27.4. The number of ether oxygens (including phenoxy) is 1. The van der Waals surface area contributed by atoms with Crippen LogP contribution in [0.2, 0.25) is 0 Å². The Kier molecular flexibility index (Phi) is 8.31. The molecule has 0 spiro atoms. The van der Waals surface area contributed by atoms with Gasteiger partial charge in [-0.05, 0) is 56.9 Å². The molecule has 1 heterocycles. The third kappa shape index (κ3) is 6.10. The summed E-state index contributed by atoms with van der Waals surface area (Å²) < 4.78 is 5.10. The fourth-order valence-corrected chi connectivity index (χ4v) is 4.42. The summed E-state index contributed by atoms with van der Waals surface area (Å²) in [6, 6.07) is 19.9. The van der Waals surface area contributed by atoms with E-state index in [1.54, 1.807) is 42.2 Å². The Bertz CT molecular complexity index is 1430. The number of fused-ring (bicyclic) bond motifs is 1. The number of amides is 2. The maximum Gasteiger partial charge on any atom is 0.338 e. The first-order valence-corrected chi connectivity index (χ1v) is 12.7. The molecular weight excluding hydrogens is 494 g/mol. The van der Waals surface area contributed by atoms with Gasteiger partial charge in [0.25, 0.3) is 5.91 Å². The molecule has 39 heavy (non-hydrogen) atoms. The minimum Gasteiger partial charge on any atom is -0.462 e. The number of nitrogen functional groups attached to an aromatic ring is 1. The van der Waals surface area contributed by atoms with Crippen LogP contribution in [0.1, 0.15) is 35.3 Å². The van der Waals surface area contributed by atoms with Crippen molar-refractivity contribution in [3.05, 3.63) is 83.4 Å². The molecule has 3 aromatic carbocycles. The third-order valence-corrected chi connectivity index (χ3v) is 6.33. The largest absolute Gasteiger partial charge is 0.462 e. The molecule has 2 amide bonds. The Morgan fingerprint density at radius 3 is 2.36 bits per heavy atom. The highest BCUT2D eigenvalue weighted by Gasteiger charge is 2.29. The zero-order valence-corrected chi connectivity index (χ0v) is 22.6. The van der Waals surface area contributed by atoms with Crippen molar-refractivity contribution in [1.29, 1.82) is 0 Å². The van der Waals surface area contributed by atoms with Gasteiger partial charge in [0.15, 0.2) is 0 Å². The molecule has 0 saturated heterocycles. The molecule has 0 atom stereocenters. The number of anilines is 4. The van der Waals surface area contributed by atoms with Crippen molar-refractivity contribution in [2.75, 3.05) is 55.1 Å². The van der Waals surface area contributed by atoms with E-state index in [4.69, 9.17) is 10.5 Å². The van der Waals surface area contributed by atoms with Gasteiger partial charge in [-0.2, -0.15) is 0 Å². The van der Waals surface area contributed by atoms with Crippen LogP contribution in [0.4, 0.5) is 22.7 Å². The SMILES string of the molecule is CCOC(=O)c1ccc2c(c1)NC(=O)C2=C(Nc1ccc(N(CCN(C)C)C(C)=O)c(N)c1)c1ccccc1. The predicted molar refractivity (Wildman–Crippen MR) is 155 cm³/mol. The fourth-order valence-electron chi connectivity index (χ4n) is 4.42. The normalized spacial score (nSPS) is 13.5. The van der Waals surface area contributed by atoms with E-state index >= 15 is 0 Å². The summed E-state index contributed by atoms with van der Waals surface area (Å²) in [6.07, 6.45) is 0. The molecule has 4 N–H and O–H groups in total. The molecule has 9 nitrogen and oxygen atoms in total. The molecule has 0 unspecified atom stereocenters. The number of nitrogens with one attached hydrogen (secondary N) is 2. The average Bonchev–Trinajstić information content (AvgIpc) is 3.23. The lowest BCUT2D eigenvalue weighted by Crippen LogP contribution is -2.35. The van der Waals surface area contributed by atoms with Gasteiger partial charge in [0.2, 0.25) is 5.91 Å². The Morgan fingerprint density at radius 2 is 1.72 bits per heavy atom. The molecule has 0 aliphatic carbocycles. The van der Waals surface area contributed by atoms with E-state index < -0.39 is 5.97 Å². The van der Waals surface area contributed by atoms with Crippen molar-refractivity contribution in [2.45, 2.75) is 13.8 Å². The van der Waals surface area contributed by atoms with Crippen molar-refractivity contribution >= 4 is 51.8 Å². The van der Waals surface area contributed by atoms with Gasteiger partial charge < -0.3 is 30.9 Å². The van der Waals surface area contributed by atoms with Crippen LogP contribution in [0.25, 0.3) is 11.3 Å². The molecule has 0 radical (unpaired) electrons. The summed E-state index contributed by atoms with van der Waals surface area (Å²) in [4.78, 5) is 41.5. The predicted octanol–water partition coefficient (Wildman–Crippen LogP) is 4.29. The van der Waals surface area contributed by atoms with Crippen molar-refractivity contribution in [2.24, 2.45) is 0 Å². The molecular formula is C30H33N5O4. The molecule has 202 valence electrons. The van der Waals surface area contributed by atoms with Crippen molar-refractivity contribution < 1.29 is 19.1 Å². The lowest BCUT2D eigenvalue weighted by Gasteiger charge is -2.25. The van der Waals surface area contributed by atoms with Crippen LogP contribution in [-0.2, 0) is 14.3 Å². The second-order valence-electron chi connectivity index (χ2n) is 9.42. The second kappa shape index (κ2) is 11.8. The summed E-state index contributed by atoms with van der Waals surface area (Å²) in [6.45, 7) is 4.71. The van der Waals surface area contributed by atoms with Gasteiger partial charge in [0.1, 0.15) is 0 Å². The van der Waals surface area contributed by atoms with Gasteiger partial charge in [0.05, 0.1) is 40.5 Å². The van der Waals surface area contributed by atoms with Gasteiger partial charge in [-0.1, -0.05) is 36.4 Å². The number of benzene rings is 3. The van der Waals surface area contributed by atoms with Crippen LogP contribution in [0, 0.1) is 0 Å². The monoisotopic (exact) mass is 527 g/mol. The molecule has 9 heteroatoms. The number of carbonyl (C=O) groups excluding carboxylic acids is 3. The van der Waals surface area contributed by atoms with E-state index in [2.05, 4.69) is 10.6 Å². The van der Waals surface area contributed by atoms with Crippen LogP contribution in [0.15, 0.2) is 66.7 Å². The second-order valence-corrected chi connectivity index (χ2v) is 9.42. The van der Waals surface area contributed by atoms with Crippen LogP contribution in [0.5, 0.6) is 0 Å². The molecule has 4 rings (SSSR count). The summed E-state index contributed by atoms with van der Waals surface area (Å²) >= 11 is 0. The molecule has 3 aromatic rings. The number of nitrogens with zero attached hydrogens (tertiary/aromatic N) is 2. The lowest BCUT2D eigenvalue weighted by atomic mass is 9.99. The van der Waals surface area contributed by atoms with E-state index in [9.17, 15) is 14.4 Å². The highest BCUT2D eigenvalue weighted by atomic mass is 16.5. The molecule has 0 aromatic heterocycles. The minimum absolute atomic E-state index is 0.0993. The van der Waals surface area contributed by atoms with E-state index in [0.29, 0.717) is 58.2 Å². The first-order valence-electron chi connectivity index (χ1n) is 12.7. The van der Waals surface area contributed by atoms with E-state index in [1.807, 2.05) is 55.4 Å². The average molecular weight is 528 g/mol. The number of nitrogens with two attached hydrogens (primary N) is 1. The van der Waals surface area contributed by atoms with Gasteiger partial charge in [-0.3, -0.25) is 9.59 Å². The summed E-state index contributed by atoms with van der Waals surface area (Å²) in [5, 5.41) is 6.26. The number of hydrogen-bond donors (Lipinski definition) is 3. The number of likely N-dealkylation sites (N-methyl/N-ethyl adjacent to an activating group) is 1. The van der Waals surface area contributed by atoms with Gasteiger partial charge in [0, 0.05) is 31.3 Å². The van der Waals surface area contributed by atoms with E-state index in [-0.39, 0.29) is 18.4 Å². The number of carbonyl (C=O) groups is 3. The van der Waals surface area contributed by atoms with Crippen LogP contribution in [-0.4, -0.2) is 56.5 Å². The summed E-state index contributed by atoms with van der Waals surface area (Å²) in [5.74, 6) is -0.847. The van der Waals surface area contributed by atoms with Crippen LogP contribution >= 0.6 is 0 Å². The Hall–Kier alpha value is -4.63. The van der Waals surface area contributed by atoms with Crippen LogP contribution in [0.3, 0.4) is 0 Å². The highest BCUT2D eigenvalue weighted by Crippen LogP contribution is 2.39.